The Bertz CT molecular complexity index is 2340. The van der Waals surface area contributed by atoms with Gasteiger partial charge in [-0.3, -0.25) is 0 Å². The average Bonchev–Trinajstić information content (AvgIpc) is 3.13. The second kappa shape index (κ2) is 15.3. The second-order valence-corrected chi connectivity index (χ2v) is 17.2. The fraction of sp³-hybridized carbons (Fsp3) is 0. The topological polar surface area (TPSA) is 49.7 Å². The van der Waals surface area contributed by atoms with Crippen molar-refractivity contribution >= 4 is 115 Å². The molecule has 51 heavy (non-hydrogen) atoms. The number of halogens is 4. The van der Waals surface area contributed by atoms with Gasteiger partial charge in [0.25, 0.3) is 0 Å². The van der Waals surface area contributed by atoms with Gasteiger partial charge in [-0.2, -0.15) is 0 Å². The van der Waals surface area contributed by atoms with Crippen LogP contribution in [0, 0.1) is 0 Å². The molecule has 0 aromatic heterocycles. The maximum absolute atomic E-state index is 9.14. The van der Waals surface area contributed by atoms with Crippen LogP contribution in [0.5, 0.6) is 5.75 Å². The van der Waals surface area contributed by atoms with Crippen molar-refractivity contribution in [2.24, 2.45) is 0 Å². The fourth-order valence-electron chi connectivity index (χ4n) is 6.91. The predicted molar refractivity (Wildman–Crippen MR) is 222 cm³/mol. The van der Waals surface area contributed by atoms with Crippen LogP contribution in [-0.2, 0) is 0 Å². The molecule has 0 aliphatic heterocycles. The number of hydrogen-bond acceptors (Lipinski definition) is 3. The molecule has 8 rings (SSSR count). The molecule has 252 valence electrons. The van der Waals surface area contributed by atoms with Crippen LogP contribution in [0.25, 0.3) is 32.3 Å². The Morgan fingerprint density at radius 3 is 1.25 bits per heavy atom. The molecule has 8 aromatic rings. The van der Waals surface area contributed by atoms with E-state index in [2.05, 4.69) is 54.6 Å². The van der Waals surface area contributed by atoms with Gasteiger partial charge in [0.05, 0.1) is 0 Å². The summed E-state index contributed by atoms with van der Waals surface area (Å²) in [5, 5.41) is 31.3. The van der Waals surface area contributed by atoms with Gasteiger partial charge in [-0.15, -0.1) is 0 Å². The first-order valence-electron chi connectivity index (χ1n) is 16.2. The maximum Gasteiger partial charge on any atom is 0.707 e. The molecular formula is C42H30BCl4O3P. The molecule has 0 aliphatic carbocycles. The van der Waals surface area contributed by atoms with Crippen LogP contribution >= 0.6 is 53.7 Å². The average molecular weight is 766 g/mol. The SMILES string of the molecule is Clc1ccccc1[PH](c1ccccc1Cl)(c1ccccc1Cl)c1ccccc1Cl.OB(O)Oc1cccc2ccc3cc4ccccc4cc3c12. The van der Waals surface area contributed by atoms with Gasteiger partial charge in [-0.25, -0.2) is 0 Å². The van der Waals surface area contributed by atoms with Gasteiger partial charge >= 0.3 is 199 Å². The van der Waals surface area contributed by atoms with E-state index in [0.717, 1.165) is 48.1 Å². The van der Waals surface area contributed by atoms with E-state index in [1.165, 1.54) is 5.39 Å². The standard InChI is InChI=1S/C24H17Cl4P.C18H13BO3/c25-17-9-1-5-13-21(17)29(22-14-6-2-10-18(22)26,23-15-7-3-11-19(23)27)24-16-8-4-12-20(24)28;20-19(21)22-17-7-3-6-12-8-9-15-10-13-4-1-2-5-14(13)11-16(15)18(12)17/h1-16,29H;1-11,20-21H. The van der Waals surface area contributed by atoms with Crippen molar-refractivity contribution in [3.63, 3.8) is 0 Å². The summed E-state index contributed by atoms with van der Waals surface area (Å²) >= 11 is 27.3. The van der Waals surface area contributed by atoms with Gasteiger partial charge in [-0.1, -0.05) is 48.5 Å². The van der Waals surface area contributed by atoms with Gasteiger partial charge < -0.3 is 14.7 Å². The van der Waals surface area contributed by atoms with Crippen LogP contribution in [0.15, 0.2) is 164 Å². The summed E-state index contributed by atoms with van der Waals surface area (Å²) in [6.07, 6.45) is 0. The predicted octanol–water partition coefficient (Wildman–Crippen LogP) is 10.1. The van der Waals surface area contributed by atoms with Crippen molar-refractivity contribution in [1.82, 2.24) is 0 Å². The van der Waals surface area contributed by atoms with Crippen LogP contribution in [-0.4, -0.2) is 17.4 Å². The zero-order chi connectivity index (χ0) is 35.5. The molecule has 0 heterocycles. The molecule has 9 heteroatoms. The van der Waals surface area contributed by atoms with Gasteiger partial charge in [0.2, 0.25) is 0 Å². The van der Waals surface area contributed by atoms with Crippen LogP contribution in [0.4, 0.5) is 0 Å². The molecule has 0 radical (unpaired) electrons. The van der Waals surface area contributed by atoms with Crippen molar-refractivity contribution in [3.8, 4) is 5.75 Å². The summed E-state index contributed by atoms with van der Waals surface area (Å²) in [6.45, 7) is 0. The maximum atomic E-state index is 9.14. The smallest absolute Gasteiger partial charge is 0.511 e. The molecular weight excluding hydrogens is 736 g/mol. The summed E-state index contributed by atoms with van der Waals surface area (Å²) in [7, 11) is -4.84. The zero-order valence-corrected chi connectivity index (χ0v) is 31.0. The van der Waals surface area contributed by atoms with Crippen LogP contribution in [0.1, 0.15) is 0 Å². The summed E-state index contributed by atoms with van der Waals surface area (Å²) in [4.78, 5) is 0. The van der Waals surface area contributed by atoms with E-state index in [4.69, 9.17) is 61.1 Å². The van der Waals surface area contributed by atoms with Crippen molar-refractivity contribution in [3.05, 3.63) is 184 Å². The van der Waals surface area contributed by atoms with Crippen molar-refractivity contribution in [1.29, 1.82) is 0 Å². The minimum absolute atomic E-state index is 0.466. The van der Waals surface area contributed by atoms with E-state index in [1.807, 2.05) is 103 Å². The van der Waals surface area contributed by atoms with E-state index in [0.29, 0.717) is 25.8 Å². The Balaban J connectivity index is 0.000000165. The quantitative estimate of drug-likeness (QED) is 0.0767. The number of fused-ring (bicyclic) bond motifs is 4. The molecule has 0 aliphatic rings. The van der Waals surface area contributed by atoms with Crippen molar-refractivity contribution in [2.45, 2.75) is 0 Å². The third-order valence-corrected chi connectivity index (χ3v) is 16.0. The van der Waals surface area contributed by atoms with Crippen LogP contribution < -0.4 is 25.9 Å². The second-order valence-electron chi connectivity index (χ2n) is 12.0. The Kier molecular flexibility index (Phi) is 10.6. The van der Waals surface area contributed by atoms with E-state index in [9.17, 15) is 0 Å². The Hall–Kier alpha value is -4.09. The molecule has 3 nitrogen and oxygen atoms in total. The normalized spacial score (nSPS) is 11.6. The Morgan fingerprint density at radius 2 is 0.804 bits per heavy atom. The summed E-state index contributed by atoms with van der Waals surface area (Å²) in [5.74, 6) is 0.466. The molecule has 0 unspecified atom stereocenters. The molecule has 0 spiro atoms. The number of benzene rings is 8. The first-order chi connectivity index (χ1) is 24.8. The monoisotopic (exact) mass is 764 g/mol. The summed E-state index contributed by atoms with van der Waals surface area (Å²) < 4.78 is 5.16. The minimum Gasteiger partial charge on any atom is -0.511 e. The number of hydrogen-bond donors (Lipinski definition) is 2. The van der Waals surface area contributed by atoms with Gasteiger partial charge in [-0.05, 0) is 45.1 Å². The Morgan fingerprint density at radius 1 is 0.412 bits per heavy atom. The first-order valence-corrected chi connectivity index (χ1v) is 19.7. The van der Waals surface area contributed by atoms with Gasteiger partial charge in [0, 0.05) is 5.39 Å². The van der Waals surface area contributed by atoms with E-state index in [1.54, 1.807) is 6.07 Å². The van der Waals surface area contributed by atoms with E-state index >= 15 is 0 Å². The van der Waals surface area contributed by atoms with Crippen LogP contribution in [0.2, 0.25) is 20.1 Å². The molecule has 0 saturated heterocycles. The van der Waals surface area contributed by atoms with Gasteiger partial charge in [0.1, 0.15) is 5.75 Å². The third-order valence-electron chi connectivity index (χ3n) is 9.03. The molecule has 0 bridgehead atoms. The van der Waals surface area contributed by atoms with E-state index in [-0.39, 0.29) is 0 Å². The molecule has 8 aromatic carbocycles. The Labute approximate surface area is 317 Å². The molecule has 2 N–H and O–H groups in total. The third kappa shape index (κ3) is 6.82. The van der Waals surface area contributed by atoms with Gasteiger partial charge in [0.15, 0.2) is 0 Å². The first kappa shape index (κ1) is 35.3. The molecule has 0 fully saturated rings. The number of rotatable bonds is 6. The molecule has 0 atom stereocenters. The molecule has 0 saturated carbocycles. The summed E-state index contributed by atoms with van der Waals surface area (Å²) in [5.41, 5.74) is 0. The zero-order valence-electron chi connectivity index (χ0n) is 27.0. The molecule has 0 amide bonds. The van der Waals surface area contributed by atoms with Crippen molar-refractivity contribution < 1.29 is 14.7 Å². The fourth-order valence-corrected chi connectivity index (χ4v) is 14.0. The minimum atomic E-state index is -3.01. The summed E-state index contributed by atoms with van der Waals surface area (Å²) in [6, 6.07) is 53.6. The van der Waals surface area contributed by atoms with Crippen molar-refractivity contribution in [2.75, 3.05) is 0 Å². The largest absolute Gasteiger partial charge is 0.707 e. The van der Waals surface area contributed by atoms with Crippen LogP contribution in [0.3, 0.4) is 0 Å². The van der Waals surface area contributed by atoms with E-state index < -0.39 is 14.6 Å².